The summed E-state index contributed by atoms with van der Waals surface area (Å²) < 4.78 is 7.69. The van der Waals surface area contributed by atoms with Crippen LogP contribution in [0.3, 0.4) is 0 Å². The Bertz CT molecular complexity index is 971. The van der Waals surface area contributed by atoms with E-state index in [0.29, 0.717) is 12.3 Å². The normalized spacial score (nSPS) is 14.6. The fourth-order valence-electron chi connectivity index (χ4n) is 3.80. The molecule has 0 spiro atoms. The summed E-state index contributed by atoms with van der Waals surface area (Å²) in [7, 11) is 1.64. The average Bonchev–Trinajstić information content (AvgIpc) is 3.01. The van der Waals surface area contributed by atoms with Gasteiger partial charge in [-0.25, -0.2) is 4.98 Å². The molecule has 1 aromatic heterocycles. The Morgan fingerprint density at radius 1 is 1.15 bits per heavy atom. The summed E-state index contributed by atoms with van der Waals surface area (Å²) in [5.74, 6) is 2.35. The van der Waals surface area contributed by atoms with Gasteiger partial charge in [-0.05, 0) is 18.2 Å². The van der Waals surface area contributed by atoms with Crippen molar-refractivity contribution in [2.75, 3.05) is 20.2 Å². The first-order chi connectivity index (χ1) is 13.1. The summed E-state index contributed by atoms with van der Waals surface area (Å²) in [5.41, 5.74) is 3.12. The molecule has 2 aromatic carbocycles. The molecule has 4 rings (SSSR count). The van der Waals surface area contributed by atoms with Crippen molar-refractivity contribution < 1.29 is 9.53 Å². The maximum Gasteiger partial charge on any atom is 0.227 e. The summed E-state index contributed by atoms with van der Waals surface area (Å²) in [4.78, 5) is 19.5. The molecule has 3 aromatic rings. The highest BCUT2D eigenvalue weighted by Gasteiger charge is 2.34. The molecule has 0 saturated carbocycles. The number of benzene rings is 2. The minimum Gasteiger partial charge on any atom is -0.496 e. The van der Waals surface area contributed by atoms with E-state index in [1.807, 2.05) is 41.3 Å². The molecule has 0 atom stereocenters. The van der Waals surface area contributed by atoms with Crippen LogP contribution in [-0.4, -0.2) is 40.6 Å². The molecular formula is C22H25N3O2. The molecule has 0 unspecified atom stereocenters. The third kappa shape index (κ3) is 3.18. The first kappa shape index (κ1) is 17.6. The fraction of sp³-hybridized carbons (Fsp3) is 0.364. The van der Waals surface area contributed by atoms with Crippen molar-refractivity contribution in [1.82, 2.24) is 14.5 Å². The molecule has 1 fully saturated rings. The highest BCUT2D eigenvalue weighted by Crippen LogP contribution is 2.31. The number of ether oxygens (including phenoxy) is 1. The molecular weight excluding hydrogens is 338 g/mol. The zero-order valence-corrected chi connectivity index (χ0v) is 16.1. The molecule has 1 saturated heterocycles. The minimum atomic E-state index is 0.145. The molecule has 0 bridgehead atoms. The molecule has 2 heterocycles. The van der Waals surface area contributed by atoms with E-state index in [2.05, 4.69) is 30.5 Å². The third-order valence-corrected chi connectivity index (χ3v) is 5.25. The van der Waals surface area contributed by atoms with Crippen LogP contribution in [0, 0.1) is 0 Å². The van der Waals surface area contributed by atoms with Crippen LogP contribution in [0.2, 0.25) is 0 Å². The Labute approximate surface area is 159 Å². The second-order valence-electron chi connectivity index (χ2n) is 7.42. The zero-order valence-electron chi connectivity index (χ0n) is 16.1. The number of likely N-dealkylation sites (tertiary alicyclic amines) is 1. The Kier molecular flexibility index (Phi) is 4.60. The average molecular weight is 363 g/mol. The lowest BCUT2D eigenvalue weighted by Gasteiger charge is -2.41. The van der Waals surface area contributed by atoms with Crippen molar-refractivity contribution in [3.63, 3.8) is 0 Å². The third-order valence-electron chi connectivity index (χ3n) is 5.25. The van der Waals surface area contributed by atoms with E-state index in [9.17, 15) is 4.79 Å². The van der Waals surface area contributed by atoms with Crippen LogP contribution in [0.15, 0.2) is 48.5 Å². The topological polar surface area (TPSA) is 47.4 Å². The molecule has 1 amide bonds. The Balaban J connectivity index is 1.50. The number of fused-ring (bicyclic) bond motifs is 1. The van der Waals surface area contributed by atoms with Gasteiger partial charge in [-0.15, -0.1) is 0 Å². The van der Waals surface area contributed by atoms with E-state index in [4.69, 9.17) is 9.72 Å². The quantitative estimate of drug-likeness (QED) is 0.693. The number of carbonyl (C=O) groups excluding carboxylic acids is 1. The largest absolute Gasteiger partial charge is 0.496 e. The van der Waals surface area contributed by atoms with E-state index in [1.165, 1.54) is 0 Å². The second-order valence-corrected chi connectivity index (χ2v) is 7.42. The van der Waals surface area contributed by atoms with Gasteiger partial charge in [0.15, 0.2) is 0 Å². The van der Waals surface area contributed by atoms with Crippen molar-refractivity contribution in [3.8, 4) is 5.75 Å². The van der Waals surface area contributed by atoms with Crippen molar-refractivity contribution in [3.05, 3.63) is 59.9 Å². The number of hydrogen-bond donors (Lipinski definition) is 0. The van der Waals surface area contributed by atoms with Gasteiger partial charge < -0.3 is 14.2 Å². The van der Waals surface area contributed by atoms with Crippen LogP contribution in [0.5, 0.6) is 5.75 Å². The van der Waals surface area contributed by atoms with Gasteiger partial charge in [0, 0.05) is 24.6 Å². The highest BCUT2D eigenvalue weighted by molar-refractivity contribution is 5.81. The van der Waals surface area contributed by atoms with E-state index < -0.39 is 0 Å². The number of imidazole rings is 1. The van der Waals surface area contributed by atoms with E-state index in [-0.39, 0.29) is 11.9 Å². The lowest BCUT2D eigenvalue weighted by molar-refractivity contribution is -0.136. The summed E-state index contributed by atoms with van der Waals surface area (Å²) in [6.45, 7) is 5.80. The number of amides is 1. The monoisotopic (exact) mass is 363 g/mol. The van der Waals surface area contributed by atoms with Gasteiger partial charge in [0.25, 0.3) is 0 Å². The molecule has 1 aliphatic rings. The highest BCUT2D eigenvalue weighted by atomic mass is 16.5. The van der Waals surface area contributed by atoms with Gasteiger partial charge in [0.2, 0.25) is 5.91 Å². The molecule has 0 aliphatic carbocycles. The summed E-state index contributed by atoms with van der Waals surface area (Å²) in [5, 5.41) is 0. The first-order valence-corrected chi connectivity index (χ1v) is 9.45. The first-order valence-electron chi connectivity index (χ1n) is 9.45. The van der Waals surface area contributed by atoms with Gasteiger partial charge in [-0.3, -0.25) is 4.79 Å². The number of aromatic nitrogens is 2. The smallest absolute Gasteiger partial charge is 0.227 e. The fourth-order valence-corrected chi connectivity index (χ4v) is 3.80. The predicted octanol–water partition coefficient (Wildman–Crippen LogP) is 3.79. The number of methoxy groups -OCH3 is 1. The van der Waals surface area contributed by atoms with Gasteiger partial charge >= 0.3 is 0 Å². The van der Waals surface area contributed by atoms with E-state index >= 15 is 0 Å². The predicted molar refractivity (Wildman–Crippen MR) is 106 cm³/mol. The molecule has 27 heavy (non-hydrogen) atoms. The van der Waals surface area contributed by atoms with Gasteiger partial charge in [0.1, 0.15) is 11.6 Å². The molecule has 5 heteroatoms. The van der Waals surface area contributed by atoms with Crippen LogP contribution in [0.4, 0.5) is 0 Å². The van der Waals surface area contributed by atoms with E-state index in [1.54, 1.807) is 7.11 Å². The summed E-state index contributed by atoms with van der Waals surface area (Å²) in [6.07, 6.45) is 0.373. The van der Waals surface area contributed by atoms with E-state index in [0.717, 1.165) is 41.3 Å². The Hall–Kier alpha value is -2.82. The van der Waals surface area contributed by atoms with Crippen molar-refractivity contribution in [1.29, 1.82) is 0 Å². The van der Waals surface area contributed by atoms with Gasteiger partial charge in [-0.1, -0.05) is 44.2 Å². The minimum absolute atomic E-state index is 0.145. The number of hydrogen-bond acceptors (Lipinski definition) is 3. The number of para-hydroxylation sites is 3. The maximum absolute atomic E-state index is 12.7. The number of nitrogens with zero attached hydrogens (tertiary/aromatic N) is 3. The maximum atomic E-state index is 12.7. The Morgan fingerprint density at radius 3 is 2.59 bits per heavy atom. The van der Waals surface area contributed by atoms with Crippen LogP contribution in [0.1, 0.15) is 37.2 Å². The Morgan fingerprint density at radius 2 is 1.85 bits per heavy atom. The SMILES string of the molecule is COc1ccccc1CC(=O)N1CC(n2c(C(C)C)nc3ccccc32)C1. The van der Waals surface area contributed by atoms with Crippen LogP contribution >= 0.6 is 0 Å². The van der Waals surface area contributed by atoms with Crippen molar-refractivity contribution >= 4 is 16.9 Å². The van der Waals surface area contributed by atoms with Crippen LogP contribution < -0.4 is 4.74 Å². The lowest BCUT2D eigenvalue weighted by atomic mass is 10.0. The summed E-state index contributed by atoms with van der Waals surface area (Å²) in [6, 6.07) is 16.2. The number of carbonyl (C=O) groups is 1. The molecule has 0 radical (unpaired) electrons. The van der Waals surface area contributed by atoms with Crippen molar-refractivity contribution in [2.24, 2.45) is 0 Å². The molecule has 5 nitrogen and oxygen atoms in total. The number of rotatable bonds is 5. The summed E-state index contributed by atoms with van der Waals surface area (Å²) >= 11 is 0. The van der Waals surface area contributed by atoms with Crippen molar-refractivity contribution in [2.45, 2.75) is 32.2 Å². The van der Waals surface area contributed by atoms with Gasteiger partial charge in [-0.2, -0.15) is 0 Å². The molecule has 1 aliphatic heterocycles. The van der Waals surface area contributed by atoms with Gasteiger partial charge in [0.05, 0.1) is 30.6 Å². The van der Waals surface area contributed by atoms with Crippen LogP contribution in [-0.2, 0) is 11.2 Å². The second kappa shape index (κ2) is 7.06. The standard InChI is InChI=1S/C22H25N3O2/c1-15(2)22-23-18-9-5-6-10-19(18)25(22)17-13-24(14-17)21(26)12-16-8-4-7-11-20(16)27-3/h4-11,15,17H,12-14H2,1-3H3. The lowest BCUT2D eigenvalue weighted by Crippen LogP contribution is -2.51. The zero-order chi connectivity index (χ0) is 19.0. The van der Waals surface area contributed by atoms with Crippen LogP contribution in [0.25, 0.3) is 11.0 Å². The molecule has 0 N–H and O–H groups in total. The molecule has 140 valence electrons.